The normalized spacial score (nSPS) is 25.8. The van der Waals surface area contributed by atoms with Gasteiger partial charge in [0.05, 0.1) is 0 Å². The van der Waals surface area contributed by atoms with Gasteiger partial charge in [-0.15, -0.1) is 0 Å². The minimum atomic E-state index is -2.74. The van der Waals surface area contributed by atoms with Crippen LogP contribution in [-0.2, 0) is 14.5 Å². The second-order valence-corrected chi connectivity index (χ2v) is 7.77. The topological polar surface area (TPSA) is 108 Å². The fraction of sp³-hybridized carbons (Fsp3) is 0. The molecule has 0 atom stereocenters. The van der Waals surface area contributed by atoms with Crippen LogP contribution in [0.5, 0.6) is 0 Å². The summed E-state index contributed by atoms with van der Waals surface area (Å²) in [6, 6.07) is 0. The molecular weight excluding hydrogens is 197 g/mol. The van der Waals surface area contributed by atoms with E-state index < -0.39 is 25.1 Å². The molecule has 3 aliphatic heterocycles. The van der Waals surface area contributed by atoms with Crippen molar-refractivity contribution >= 4 is 25.1 Å². The van der Waals surface area contributed by atoms with Crippen molar-refractivity contribution in [3.8, 4) is 0 Å². The van der Waals surface area contributed by atoms with E-state index in [1.54, 1.807) is 0 Å². The quantitative estimate of drug-likeness (QED) is 0.351. The van der Waals surface area contributed by atoms with Crippen molar-refractivity contribution in [2.75, 3.05) is 0 Å². The van der Waals surface area contributed by atoms with Gasteiger partial charge in [0.2, 0.25) is 0 Å². The Labute approximate surface area is 51.2 Å². The van der Waals surface area contributed by atoms with Crippen LogP contribution in [-0.4, -0.2) is 28.3 Å². The number of hydrogen-bond acceptors (Lipinski definition) is 4. The second-order valence-electron chi connectivity index (χ2n) is 1.05. The van der Waals surface area contributed by atoms with Crippen LogP contribution < -0.4 is 0 Å². The van der Waals surface area contributed by atoms with Gasteiger partial charge in [0, 0.05) is 0 Å². The van der Waals surface area contributed by atoms with Gasteiger partial charge < -0.3 is 11.0 Å². The van der Waals surface area contributed by atoms with E-state index in [0.717, 1.165) is 0 Å². The summed E-state index contributed by atoms with van der Waals surface area (Å²) >= 11 is -2.03. The zero-order valence-electron chi connectivity index (χ0n) is 3.66. The monoisotopic (exact) mass is 200 g/mol. The molecule has 8 heavy (non-hydrogen) atoms. The molecule has 48 valence electrons. The third kappa shape index (κ3) is 0.872. The molecular formula is H4GaO6P. The molecule has 0 amide bonds. The molecule has 3 fully saturated rings. The fourth-order valence-corrected chi connectivity index (χ4v) is 5.30. The number of rotatable bonds is 0. The van der Waals surface area contributed by atoms with Crippen LogP contribution in [0.1, 0.15) is 0 Å². The summed E-state index contributed by atoms with van der Waals surface area (Å²) in [6.45, 7) is 0. The number of phosphoric acid groups is 1. The van der Waals surface area contributed by atoms with Gasteiger partial charge in [-0.05, 0) is 0 Å². The Hall–Kier alpha value is 0.666. The average Bonchev–Trinajstić information content (AvgIpc) is 1.24. The van der Waals surface area contributed by atoms with Gasteiger partial charge >= 0.3 is 39.6 Å². The Morgan fingerprint density at radius 3 is 1.38 bits per heavy atom. The zero-order valence-corrected chi connectivity index (χ0v) is 6.97. The Bertz CT molecular complexity index is 107. The SMILES string of the molecule is O.O.O=P12[O][Ga]([O]1)[O]2. The van der Waals surface area contributed by atoms with Crippen LogP contribution in [0.2, 0.25) is 0 Å². The molecule has 0 unspecified atom stereocenters. The van der Waals surface area contributed by atoms with Crippen LogP contribution in [0.25, 0.3) is 0 Å². The first-order chi connectivity index (χ1) is 2.79. The molecule has 0 aromatic carbocycles. The van der Waals surface area contributed by atoms with Gasteiger partial charge in [0.15, 0.2) is 0 Å². The van der Waals surface area contributed by atoms with E-state index in [2.05, 4.69) is 9.95 Å². The first-order valence-electron chi connectivity index (χ1n) is 1.44. The van der Waals surface area contributed by atoms with E-state index in [0.29, 0.717) is 0 Å². The van der Waals surface area contributed by atoms with Crippen molar-refractivity contribution in [3.63, 3.8) is 0 Å². The molecule has 0 aromatic heterocycles. The Kier molecular flexibility index (Phi) is 2.30. The van der Waals surface area contributed by atoms with E-state index >= 15 is 0 Å². The predicted octanol–water partition coefficient (Wildman–Crippen LogP) is -1.49. The van der Waals surface area contributed by atoms with Crippen molar-refractivity contribution in [2.45, 2.75) is 0 Å². The molecule has 3 heterocycles. The van der Waals surface area contributed by atoms with Crippen LogP contribution >= 0.6 is 7.82 Å². The standard InChI is InChI=1S/Ga.H3O4P.2H2O/c;1-5(2,3)4;;/h;(H3,1,2,3,4);2*1H2/q+3;;;/p-3. The van der Waals surface area contributed by atoms with Crippen molar-refractivity contribution in [3.05, 3.63) is 0 Å². The molecule has 0 aromatic rings. The van der Waals surface area contributed by atoms with Crippen LogP contribution in [0.4, 0.5) is 0 Å². The third-order valence-electron chi connectivity index (χ3n) is 0.645. The number of hydrogen-bond donors (Lipinski definition) is 0. The van der Waals surface area contributed by atoms with Gasteiger partial charge in [-0.25, -0.2) is 0 Å². The van der Waals surface area contributed by atoms with Crippen molar-refractivity contribution in [1.82, 2.24) is 0 Å². The summed E-state index contributed by atoms with van der Waals surface area (Å²) in [5.41, 5.74) is 0. The van der Waals surface area contributed by atoms with Crippen LogP contribution in [0, 0.1) is 0 Å². The third-order valence-corrected chi connectivity index (χ3v) is 10.1. The van der Waals surface area contributed by atoms with Crippen molar-refractivity contribution in [2.24, 2.45) is 0 Å². The Morgan fingerprint density at radius 1 is 1.12 bits per heavy atom. The molecule has 3 aliphatic rings. The molecule has 0 aliphatic carbocycles. The molecule has 3 saturated heterocycles. The molecule has 0 saturated carbocycles. The molecule has 3 rings (SSSR count). The fourth-order valence-electron chi connectivity index (χ4n) is 0.340. The van der Waals surface area contributed by atoms with Crippen LogP contribution in [0.15, 0.2) is 0 Å². The maximum absolute atomic E-state index is 10.1. The van der Waals surface area contributed by atoms with Gasteiger partial charge in [-0.2, -0.15) is 0 Å². The molecule has 4 N–H and O–H groups in total. The predicted molar refractivity (Wildman–Crippen MR) is 23.8 cm³/mol. The van der Waals surface area contributed by atoms with Gasteiger partial charge in [-0.3, -0.25) is 0 Å². The van der Waals surface area contributed by atoms with Gasteiger partial charge in [0.25, 0.3) is 0 Å². The second kappa shape index (κ2) is 2.12. The summed E-state index contributed by atoms with van der Waals surface area (Å²) in [5.74, 6) is 0. The van der Waals surface area contributed by atoms with Crippen molar-refractivity contribution in [1.29, 1.82) is 0 Å². The van der Waals surface area contributed by atoms with E-state index in [1.165, 1.54) is 0 Å². The first kappa shape index (κ1) is 8.67. The molecule has 0 radical (unpaired) electrons. The molecule has 2 bridgehead atoms. The zero-order chi connectivity index (χ0) is 4.20. The minimum absolute atomic E-state index is 0. The summed E-state index contributed by atoms with van der Waals surface area (Å²) < 4.78 is 23.7. The van der Waals surface area contributed by atoms with E-state index in [1.807, 2.05) is 0 Å². The van der Waals surface area contributed by atoms with E-state index in [-0.39, 0.29) is 11.0 Å². The van der Waals surface area contributed by atoms with E-state index in [4.69, 9.17) is 0 Å². The molecule has 0 spiro atoms. The summed E-state index contributed by atoms with van der Waals surface area (Å²) in [6.07, 6.45) is 0. The van der Waals surface area contributed by atoms with E-state index in [9.17, 15) is 4.57 Å². The van der Waals surface area contributed by atoms with Crippen LogP contribution in [0.3, 0.4) is 0 Å². The molecule has 8 heteroatoms. The Morgan fingerprint density at radius 2 is 1.38 bits per heavy atom. The summed E-state index contributed by atoms with van der Waals surface area (Å²) in [4.78, 5) is 0. The van der Waals surface area contributed by atoms with Gasteiger partial charge in [-0.1, -0.05) is 0 Å². The Balaban J connectivity index is 0.000000245. The molecule has 6 nitrogen and oxygen atoms in total. The van der Waals surface area contributed by atoms with Gasteiger partial charge in [0.1, 0.15) is 0 Å². The first-order valence-corrected chi connectivity index (χ1v) is 5.87. The summed E-state index contributed by atoms with van der Waals surface area (Å²) in [7, 11) is -2.74. The maximum atomic E-state index is 10.1. The van der Waals surface area contributed by atoms with Crippen molar-refractivity contribution < 1.29 is 25.5 Å². The summed E-state index contributed by atoms with van der Waals surface area (Å²) in [5, 5.41) is 0. The average molecular weight is 201 g/mol.